The number of nitrogens with zero attached hydrogens (tertiary/aromatic N) is 1. The molecule has 0 spiro atoms. The third-order valence-corrected chi connectivity index (χ3v) is 4.96. The number of nitro groups is 1. The summed E-state index contributed by atoms with van der Waals surface area (Å²) in [5, 5.41) is 14.5. The molecule has 0 heterocycles. The molecule has 2 rings (SSSR count). The van der Waals surface area contributed by atoms with Crippen molar-refractivity contribution in [3.63, 3.8) is 0 Å². The second kappa shape index (κ2) is 9.15. The van der Waals surface area contributed by atoms with Gasteiger partial charge in [0.1, 0.15) is 4.49 Å². The zero-order chi connectivity index (χ0) is 18.4. The molecule has 25 heavy (non-hydrogen) atoms. The van der Waals surface area contributed by atoms with Crippen molar-refractivity contribution in [2.45, 2.75) is 11.8 Å². The average Bonchev–Trinajstić information content (AvgIpc) is 2.55. The Balaban J connectivity index is 2.55. The van der Waals surface area contributed by atoms with Crippen molar-refractivity contribution in [1.29, 1.82) is 0 Å². The van der Waals surface area contributed by atoms with Gasteiger partial charge in [-0.1, -0.05) is 76.9 Å². The molecule has 8 heteroatoms. The van der Waals surface area contributed by atoms with Gasteiger partial charge in [0.25, 0.3) is 0 Å². The van der Waals surface area contributed by atoms with Crippen LogP contribution in [0.5, 0.6) is 0 Å². The highest BCUT2D eigenvalue weighted by atomic mass is 35.5. The zero-order valence-electron chi connectivity index (χ0n) is 13.0. The van der Waals surface area contributed by atoms with E-state index in [-0.39, 0.29) is 14.6 Å². The number of halogens is 3. The second-order valence-electron chi connectivity index (χ2n) is 4.92. The summed E-state index contributed by atoms with van der Waals surface area (Å²) in [4.78, 5) is 11.8. The molecule has 2 aromatic carbocycles. The molecule has 0 atom stereocenters. The van der Waals surface area contributed by atoms with Crippen LogP contribution in [-0.4, -0.2) is 4.92 Å². The number of anilines is 1. The van der Waals surface area contributed by atoms with Crippen LogP contribution < -0.4 is 5.32 Å². The van der Waals surface area contributed by atoms with Crippen LogP contribution >= 0.6 is 46.6 Å². The molecule has 0 aliphatic rings. The SMILES string of the molecule is Cc1cccc(NC(Sc2ccccc2)=C(C(Cl)=C(Cl)Cl)[N+](=O)[O-])c1. The van der Waals surface area contributed by atoms with E-state index in [1.807, 2.05) is 55.5 Å². The van der Waals surface area contributed by atoms with Crippen molar-refractivity contribution >= 4 is 52.3 Å². The van der Waals surface area contributed by atoms with Gasteiger partial charge in [-0.25, -0.2) is 0 Å². The summed E-state index contributed by atoms with van der Waals surface area (Å²) in [5.41, 5.74) is 1.30. The Kier molecular flexibility index (Phi) is 7.20. The van der Waals surface area contributed by atoms with E-state index in [1.165, 1.54) is 0 Å². The molecule has 130 valence electrons. The van der Waals surface area contributed by atoms with Gasteiger partial charge in [0, 0.05) is 10.6 Å². The minimum atomic E-state index is -0.610. The summed E-state index contributed by atoms with van der Waals surface area (Å²) in [6, 6.07) is 16.6. The summed E-state index contributed by atoms with van der Waals surface area (Å²) >= 11 is 18.5. The lowest BCUT2D eigenvalue weighted by Crippen LogP contribution is -2.09. The molecular weight excluding hydrogens is 403 g/mol. The number of rotatable bonds is 6. The standard InChI is InChI=1S/C17H13Cl3N2O2S/c1-11-6-5-7-12(10-11)21-17(25-13-8-3-2-4-9-13)15(22(23)24)14(18)16(19)20/h2-10,21H,1H3. The second-order valence-corrected chi connectivity index (χ2v) is 7.33. The minimum Gasteiger partial charge on any atom is -0.344 e. The van der Waals surface area contributed by atoms with Crippen molar-refractivity contribution in [1.82, 2.24) is 0 Å². The highest BCUT2D eigenvalue weighted by Crippen LogP contribution is 2.36. The quantitative estimate of drug-likeness (QED) is 0.252. The highest BCUT2D eigenvalue weighted by Gasteiger charge is 2.26. The maximum Gasteiger partial charge on any atom is 0.320 e. The maximum atomic E-state index is 11.6. The first-order chi connectivity index (χ1) is 11.9. The Morgan fingerprint density at radius 3 is 2.32 bits per heavy atom. The van der Waals surface area contributed by atoms with Crippen LogP contribution in [-0.2, 0) is 0 Å². The zero-order valence-corrected chi connectivity index (χ0v) is 16.1. The van der Waals surface area contributed by atoms with Crippen LogP contribution in [0.2, 0.25) is 0 Å². The lowest BCUT2D eigenvalue weighted by molar-refractivity contribution is -0.420. The van der Waals surface area contributed by atoms with Crippen LogP contribution in [0.1, 0.15) is 5.56 Å². The Hall–Kier alpha value is -1.66. The number of thioether (sulfide) groups is 1. The largest absolute Gasteiger partial charge is 0.344 e. The molecule has 2 aromatic rings. The molecule has 4 nitrogen and oxygen atoms in total. The lowest BCUT2D eigenvalue weighted by atomic mass is 10.2. The number of aryl methyl sites for hydroxylation is 1. The van der Waals surface area contributed by atoms with E-state index in [0.717, 1.165) is 22.2 Å². The van der Waals surface area contributed by atoms with Gasteiger partial charge in [0.2, 0.25) is 0 Å². The van der Waals surface area contributed by atoms with E-state index in [0.29, 0.717) is 5.69 Å². The fraction of sp³-hybridized carbons (Fsp3) is 0.0588. The van der Waals surface area contributed by atoms with Crippen molar-refractivity contribution in [2.24, 2.45) is 0 Å². The molecule has 0 fully saturated rings. The molecule has 0 saturated heterocycles. The monoisotopic (exact) mass is 414 g/mol. The van der Waals surface area contributed by atoms with Crippen molar-refractivity contribution in [2.75, 3.05) is 5.32 Å². The van der Waals surface area contributed by atoms with Gasteiger partial charge in [-0.2, -0.15) is 0 Å². The van der Waals surface area contributed by atoms with Gasteiger partial charge in [0.15, 0.2) is 10.1 Å². The number of nitrogens with one attached hydrogen (secondary N) is 1. The summed E-state index contributed by atoms with van der Waals surface area (Å²) in [7, 11) is 0. The molecule has 0 saturated carbocycles. The Labute approximate surface area is 164 Å². The van der Waals surface area contributed by atoms with E-state index in [9.17, 15) is 10.1 Å². The normalized spacial score (nSPS) is 11.5. The Morgan fingerprint density at radius 2 is 1.76 bits per heavy atom. The summed E-state index contributed by atoms with van der Waals surface area (Å²) in [6.45, 7) is 1.93. The average molecular weight is 416 g/mol. The maximum absolute atomic E-state index is 11.6. The lowest BCUT2D eigenvalue weighted by Gasteiger charge is -2.12. The van der Waals surface area contributed by atoms with Gasteiger partial charge < -0.3 is 5.32 Å². The Bertz CT molecular complexity index is 835. The van der Waals surface area contributed by atoms with Crippen LogP contribution in [0.4, 0.5) is 5.69 Å². The van der Waals surface area contributed by atoms with Gasteiger partial charge in [0.05, 0.1) is 4.92 Å². The molecule has 0 aliphatic carbocycles. The molecule has 0 aromatic heterocycles. The molecular formula is C17H13Cl3N2O2S. The molecule has 0 radical (unpaired) electrons. The minimum absolute atomic E-state index is 0.214. The van der Waals surface area contributed by atoms with Gasteiger partial charge in [-0.3, -0.25) is 10.1 Å². The highest BCUT2D eigenvalue weighted by molar-refractivity contribution is 8.03. The first kappa shape index (κ1) is 19.7. The smallest absolute Gasteiger partial charge is 0.320 e. The first-order valence-electron chi connectivity index (χ1n) is 7.05. The first-order valence-corrected chi connectivity index (χ1v) is 9.00. The molecule has 0 amide bonds. The van der Waals surface area contributed by atoms with Crippen LogP contribution in [0.3, 0.4) is 0 Å². The third-order valence-electron chi connectivity index (χ3n) is 3.01. The van der Waals surface area contributed by atoms with E-state index in [2.05, 4.69) is 5.32 Å². The predicted molar refractivity (Wildman–Crippen MR) is 106 cm³/mol. The van der Waals surface area contributed by atoms with Crippen LogP contribution in [0.15, 0.2) is 79.7 Å². The van der Waals surface area contributed by atoms with E-state index >= 15 is 0 Å². The molecule has 0 bridgehead atoms. The van der Waals surface area contributed by atoms with E-state index in [4.69, 9.17) is 34.8 Å². The Morgan fingerprint density at radius 1 is 1.08 bits per heavy atom. The summed E-state index contributed by atoms with van der Waals surface area (Å²) < 4.78 is -0.370. The molecule has 1 N–H and O–H groups in total. The van der Waals surface area contributed by atoms with E-state index in [1.54, 1.807) is 6.07 Å². The van der Waals surface area contributed by atoms with Crippen molar-refractivity contribution < 1.29 is 4.92 Å². The van der Waals surface area contributed by atoms with E-state index < -0.39 is 10.6 Å². The molecule has 0 unspecified atom stereocenters. The van der Waals surface area contributed by atoms with Crippen molar-refractivity contribution in [3.8, 4) is 0 Å². The number of hydrogen-bond acceptors (Lipinski definition) is 4. The fourth-order valence-corrected chi connectivity index (χ4v) is 3.32. The van der Waals surface area contributed by atoms with Crippen LogP contribution in [0.25, 0.3) is 0 Å². The van der Waals surface area contributed by atoms with Crippen molar-refractivity contribution in [3.05, 3.63) is 90.5 Å². The summed E-state index contributed by atoms with van der Waals surface area (Å²) in [6.07, 6.45) is 0. The fourth-order valence-electron chi connectivity index (χ4n) is 1.95. The molecule has 0 aliphatic heterocycles. The summed E-state index contributed by atoms with van der Waals surface area (Å²) in [5.74, 6) is 0. The number of benzene rings is 2. The third kappa shape index (κ3) is 5.68. The van der Waals surface area contributed by atoms with Gasteiger partial charge >= 0.3 is 5.70 Å². The number of hydrogen-bond donors (Lipinski definition) is 1. The van der Waals surface area contributed by atoms with Gasteiger partial charge in [-0.05, 0) is 36.8 Å². The van der Waals surface area contributed by atoms with Crippen LogP contribution in [0, 0.1) is 17.0 Å². The predicted octanol–water partition coefficient (Wildman–Crippen LogP) is 6.53. The topological polar surface area (TPSA) is 55.2 Å². The number of allylic oxidation sites excluding steroid dienone is 1. The van der Waals surface area contributed by atoms with Gasteiger partial charge in [-0.15, -0.1) is 0 Å².